The number of nitrogens with zero attached hydrogens (tertiary/aromatic N) is 2. The van der Waals surface area contributed by atoms with Crippen LogP contribution in [0.1, 0.15) is 28.1 Å². The number of benzene rings is 2. The largest absolute Gasteiger partial charge is 0.495 e. The molecule has 0 bridgehead atoms. The summed E-state index contributed by atoms with van der Waals surface area (Å²) in [6.07, 6.45) is 2.93. The first-order valence-electron chi connectivity index (χ1n) is 10.4. The zero-order chi connectivity index (χ0) is 24.0. The summed E-state index contributed by atoms with van der Waals surface area (Å²) < 4.78 is 33.7. The molecule has 8 nitrogen and oxygen atoms in total. The van der Waals surface area contributed by atoms with E-state index >= 15 is 0 Å². The highest BCUT2D eigenvalue weighted by molar-refractivity contribution is 7.89. The third-order valence-corrected chi connectivity index (χ3v) is 6.50. The van der Waals surface area contributed by atoms with Crippen molar-refractivity contribution in [2.45, 2.75) is 31.8 Å². The van der Waals surface area contributed by atoms with Gasteiger partial charge in [0.15, 0.2) is 0 Å². The van der Waals surface area contributed by atoms with Crippen LogP contribution in [0.15, 0.2) is 59.5 Å². The molecule has 3 rings (SSSR count). The predicted octanol–water partition coefficient (Wildman–Crippen LogP) is 2.79. The van der Waals surface area contributed by atoms with Crippen LogP contribution in [0.3, 0.4) is 0 Å². The first kappa shape index (κ1) is 24.2. The van der Waals surface area contributed by atoms with E-state index in [-0.39, 0.29) is 16.6 Å². The summed E-state index contributed by atoms with van der Waals surface area (Å²) in [6, 6.07) is 14.7. The highest BCUT2D eigenvalue weighted by atomic mass is 32.2. The minimum Gasteiger partial charge on any atom is -0.495 e. The van der Waals surface area contributed by atoms with Gasteiger partial charge in [-0.25, -0.2) is 13.1 Å². The van der Waals surface area contributed by atoms with Crippen LogP contribution in [-0.4, -0.2) is 38.3 Å². The van der Waals surface area contributed by atoms with Crippen LogP contribution in [0.4, 0.5) is 0 Å². The van der Waals surface area contributed by atoms with Gasteiger partial charge in [-0.2, -0.15) is 5.10 Å². The monoisotopic (exact) mass is 468 g/mol. The summed E-state index contributed by atoms with van der Waals surface area (Å²) in [5, 5.41) is 7.34. The van der Waals surface area contributed by atoms with Gasteiger partial charge in [0.1, 0.15) is 10.6 Å². The summed E-state index contributed by atoms with van der Waals surface area (Å²) in [5.41, 5.74) is 4.71. The highest BCUT2D eigenvalue weighted by Crippen LogP contribution is 2.25. The Hall–Kier alpha value is -3.43. The fourth-order valence-electron chi connectivity index (χ4n) is 3.38. The molecule has 2 aromatic carbocycles. The molecule has 0 aliphatic rings. The number of amides is 1. The number of hydrogen-bond donors (Lipinski definition) is 2. The standard InChI is InChI=1S/C24H28N4O4S/c1-17-12-18(2)28(27-17)16-21-7-5-6-20(13-21)15-26-24(29)11-9-19-8-10-22(32-4)23(14-19)33(30,31)25-3/h5-14,25H,15-16H2,1-4H3,(H,26,29). The molecule has 0 spiro atoms. The molecule has 0 aliphatic heterocycles. The van der Waals surface area contributed by atoms with Crippen molar-refractivity contribution in [3.05, 3.63) is 82.7 Å². The molecule has 9 heteroatoms. The highest BCUT2D eigenvalue weighted by Gasteiger charge is 2.17. The number of aryl methyl sites for hydroxylation is 2. The van der Waals surface area contributed by atoms with Gasteiger partial charge in [-0.3, -0.25) is 9.48 Å². The second kappa shape index (κ2) is 10.5. The summed E-state index contributed by atoms with van der Waals surface area (Å²) in [6.45, 7) is 5.03. The first-order valence-corrected chi connectivity index (χ1v) is 11.9. The van der Waals surface area contributed by atoms with Crippen molar-refractivity contribution in [3.8, 4) is 5.75 Å². The summed E-state index contributed by atoms with van der Waals surface area (Å²) >= 11 is 0. The Morgan fingerprint density at radius 3 is 2.55 bits per heavy atom. The minimum absolute atomic E-state index is 0.00878. The van der Waals surface area contributed by atoms with Crippen LogP contribution in [0.5, 0.6) is 5.75 Å². The minimum atomic E-state index is -3.69. The smallest absolute Gasteiger partial charge is 0.244 e. The molecule has 33 heavy (non-hydrogen) atoms. The van der Waals surface area contributed by atoms with Crippen LogP contribution in [0, 0.1) is 13.8 Å². The maximum absolute atomic E-state index is 12.3. The molecule has 0 atom stereocenters. The lowest BCUT2D eigenvalue weighted by molar-refractivity contribution is -0.116. The molecule has 2 N–H and O–H groups in total. The van der Waals surface area contributed by atoms with E-state index in [0.29, 0.717) is 18.7 Å². The molecule has 1 amide bonds. The molecule has 0 saturated heterocycles. The van der Waals surface area contributed by atoms with Crippen molar-refractivity contribution in [3.63, 3.8) is 0 Å². The fourth-order valence-corrected chi connectivity index (χ4v) is 4.31. The molecule has 174 valence electrons. The van der Waals surface area contributed by atoms with Gasteiger partial charge in [0, 0.05) is 18.3 Å². The van der Waals surface area contributed by atoms with Crippen LogP contribution in [-0.2, 0) is 27.9 Å². The number of rotatable bonds is 9. The maximum atomic E-state index is 12.3. The van der Waals surface area contributed by atoms with E-state index in [1.54, 1.807) is 18.2 Å². The molecular weight excluding hydrogens is 440 g/mol. The van der Waals surface area contributed by atoms with E-state index < -0.39 is 10.0 Å². The summed E-state index contributed by atoms with van der Waals surface area (Å²) in [7, 11) is -0.960. The maximum Gasteiger partial charge on any atom is 0.244 e. The topological polar surface area (TPSA) is 102 Å². The molecular formula is C24H28N4O4S. The average molecular weight is 469 g/mol. The van der Waals surface area contributed by atoms with Gasteiger partial charge < -0.3 is 10.1 Å². The van der Waals surface area contributed by atoms with Gasteiger partial charge in [0.05, 0.1) is 19.3 Å². The number of methoxy groups -OCH3 is 1. The molecule has 0 fully saturated rings. The Morgan fingerprint density at radius 2 is 1.88 bits per heavy atom. The van der Waals surface area contributed by atoms with E-state index in [1.807, 2.05) is 48.9 Å². The van der Waals surface area contributed by atoms with Gasteiger partial charge in [0.25, 0.3) is 0 Å². The van der Waals surface area contributed by atoms with Crippen LogP contribution < -0.4 is 14.8 Å². The fraction of sp³-hybridized carbons (Fsp3) is 0.250. The molecule has 1 aromatic heterocycles. The predicted molar refractivity (Wildman–Crippen MR) is 127 cm³/mol. The van der Waals surface area contributed by atoms with Crippen LogP contribution in [0.25, 0.3) is 6.08 Å². The average Bonchev–Trinajstić information content (AvgIpc) is 3.12. The van der Waals surface area contributed by atoms with Crippen molar-refractivity contribution in [2.75, 3.05) is 14.2 Å². The molecule has 0 unspecified atom stereocenters. The van der Waals surface area contributed by atoms with Crippen molar-refractivity contribution < 1.29 is 17.9 Å². The number of carbonyl (C=O) groups is 1. The quantitative estimate of drug-likeness (QED) is 0.470. The Balaban J connectivity index is 1.64. The molecule has 0 radical (unpaired) electrons. The van der Waals surface area contributed by atoms with Gasteiger partial charge in [-0.15, -0.1) is 0 Å². The second-order valence-corrected chi connectivity index (χ2v) is 9.43. The number of sulfonamides is 1. The first-order chi connectivity index (χ1) is 15.7. The van der Waals surface area contributed by atoms with Crippen LogP contribution in [0.2, 0.25) is 0 Å². The third kappa shape index (κ3) is 6.30. The molecule has 0 aliphatic carbocycles. The van der Waals surface area contributed by atoms with Crippen molar-refractivity contribution >= 4 is 22.0 Å². The third-order valence-electron chi connectivity index (χ3n) is 5.07. The number of ether oxygens (including phenoxy) is 1. The lowest BCUT2D eigenvalue weighted by Crippen LogP contribution is -2.20. The summed E-state index contributed by atoms with van der Waals surface area (Å²) in [5.74, 6) is -0.0564. The number of nitrogens with one attached hydrogen (secondary N) is 2. The molecule has 1 heterocycles. The number of aromatic nitrogens is 2. The zero-order valence-electron chi connectivity index (χ0n) is 19.1. The van der Waals surface area contributed by atoms with Crippen molar-refractivity contribution in [1.29, 1.82) is 0 Å². The van der Waals surface area contributed by atoms with E-state index in [9.17, 15) is 13.2 Å². The summed E-state index contributed by atoms with van der Waals surface area (Å²) in [4.78, 5) is 12.3. The van der Waals surface area contributed by atoms with E-state index in [4.69, 9.17) is 4.74 Å². The Kier molecular flexibility index (Phi) is 7.67. The number of carbonyl (C=O) groups excluding carboxylic acids is 1. The van der Waals surface area contributed by atoms with E-state index in [2.05, 4.69) is 15.1 Å². The Morgan fingerprint density at radius 1 is 1.12 bits per heavy atom. The Bertz CT molecular complexity index is 1280. The number of hydrogen-bond acceptors (Lipinski definition) is 5. The second-order valence-electron chi connectivity index (χ2n) is 7.57. The normalized spacial score (nSPS) is 11.6. The lowest BCUT2D eigenvalue weighted by Gasteiger charge is -2.09. The van der Waals surface area contributed by atoms with Crippen molar-refractivity contribution in [2.24, 2.45) is 0 Å². The molecule has 0 saturated carbocycles. The zero-order valence-corrected chi connectivity index (χ0v) is 19.9. The SMILES string of the molecule is CNS(=O)(=O)c1cc(C=CC(=O)NCc2cccc(Cn3nc(C)cc3C)c2)ccc1OC. The lowest BCUT2D eigenvalue weighted by atomic mass is 10.1. The van der Waals surface area contributed by atoms with E-state index in [0.717, 1.165) is 22.5 Å². The van der Waals surface area contributed by atoms with Crippen LogP contribution >= 0.6 is 0 Å². The van der Waals surface area contributed by atoms with E-state index in [1.165, 1.54) is 26.3 Å². The van der Waals surface area contributed by atoms with Gasteiger partial charge in [-0.05, 0) is 61.9 Å². The van der Waals surface area contributed by atoms with Gasteiger partial charge >= 0.3 is 0 Å². The van der Waals surface area contributed by atoms with Gasteiger partial charge in [-0.1, -0.05) is 30.3 Å². The molecule has 3 aromatic rings. The van der Waals surface area contributed by atoms with Crippen molar-refractivity contribution in [1.82, 2.24) is 19.8 Å². The van der Waals surface area contributed by atoms with Gasteiger partial charge in [0.2, 0.25) is 15.9 Å². The Labute approximate surface area is 194 Å².